The lowest BCUT2D eigenvalue weighted by Crippen LogP contribution is -2.18. The minimum atomic E-state index is -0.352. The van der Waals surface area contributed by atoms with Crippen LogP contribution in [0.5, 0.6) is 11.5 Å². The number of benzene rings is 2. The van der Waals surface area contributed by atoms with Gasteiger partial charge in [0.1, 0.15) is 10.8 Å². The lowest BCUT2D eigenvalue weighted by atomic mass is 9.98. The molecule has 2 aromatic carbocycles. The van der Waals surface area contributed by atoms with Gasteiger partial charge < -0.3 is 20.1 Å². The molecule has 0 aliphatic carbocycles. The second-order valence-electron chi connectivity index (χ2n) is 7.79. The highest BCUT2D eigenvalue weighted by Gasteiger charge is 2.26. The molecule has 0 spiro atoms. The Kier molecular flexibility index (Phi) is 7.13. The summed E-state index contributed by atoms with van der Waals surface area (Å²) in [6.07, 6.45) is 0. The molecule has 0 aliphatic heterocycles. The predicted octanol–water partition coefficient (Wildman–Crippen LogP) is 6.23. The number of rotatable bonds is 8. The highest BCUT2D eigenvalue weighted by molar-refractivity contribution is 7.16. The molecule has 7 heteroatoms. The van der Waals surface area contributed by atoms with Crippen LogP contribution in [0.1, 0.15) is 38.1 Å². The van der Waals surface area contributed by atoms with Crippen LogP contribution in [0.25, 0.3) is 0 Å². The lowest BCUT2D eigenvalue weighted by molar-refractivity contribution is 0.102. The second-order valence-corrected chi connectivity index (χ2v) is 9.04. The van der Waals surface area contributed by atoms with E-state index >= 15 is 0 Å². The number of aromatic nitrogens is 1. The summed E-state index contributed by atoms with van der Waals surface area (Å²) in [5.74, 6) is 1.82. The molecular formula is C27H27N3O3S. The van der Waals surface area contributed by atoms with Crippen LogP contribution in [0.3, 0.4) is 0 Å². The van der Waals surface area contributed by atoms with Crippen molar-refractivity contribution in [1.29, 1.82) is 0 Å². The van der Waals surface area contributed by atoms with Gasteiger partial charge in [-0.1, -0.05) is 36.4 Å². The Morgan fingerprint density at radius 1 is 0.912 bits per heavy atom. The monoisotopic (exact) mass is 473 g/mol. The fourth-order valence-electron chi connectivity index (χ4n) is 3.84. The number of ether oxygens (including phenoxy) is 2. The summed E-state index contributed by atoms with van der Waals surface area (Å²) in [5.41, 5.74) is 3.29. The number of para-hydroxylation sites is 1. The van der Waals surface area contributed by atoms with Crippen molar-refractivity contribution in [3.05, 3.63) is 100 Å². The van der Waals surface area contributed by atoms with Gasteiger partial charge in [0.2, 0.25) is 0 Å². The molecule has 174 valence electrons. The van der Waals surface area contributed by atoms with E-state index in [9.17, 15) is 4.79 Å². The van der Waals surface area contributed by atoms with Crippen molar-refractivity contribution in [2.24, 2.45) is 0 Å². The standard InChI is InChI=1S/C27H27N3O3S/c1-17-10-8-15-23(28-17)29-24(20-13-9-14-22(32-3)25(20)33-4)21-16-18(2)34-27(21)30-26(31)19-11-6-5-7-12-19/h5-16,24H,1-4H3,(H,28,29)(H,30,31)/t24-/m1/s1. The molecule has 4 rings (SSSR count). The van der Waals surface area contributed by atoms with E-state index in [4.69, 9.17) is 9.47 Å². The number of amides is 1. The minimum Gasteiger partial charge on any atom is -0.493 e. The Morgan fingerprint density at radius 2 is 1.68 bits per heavy atom. The number of aryl methyl sites for hydroxylation is 2. The zero-order chi connectivity index (χ0) is 24.1. The van der Waals surface area contributed by atoms with Gasteiger partial charge in [-0.2, -0.15) is 0 Å². The van der Waals surface area contributed by atoms with Crippen LogP contribution >= 0.6 is 11.3 Å². The number of hydrogen-bond acceptors (Lipinski definition) is 6. The number of nitrogens with zero attached hydrogens (tertiary/aromatic N) is 1. The Labute approximate surface area is 203 Å². The molecule has 0 radical (unpaired) electrons. The lowest BCUT2D eigenvalue weighted by Gasteiger charge is -2.24. The summed E-state index contributed by atoms with van der Waals surface area (Å²) < 4.78 is 11.3. The molecule has 0 aliphatic rings. The van der Waals surface area contributed by atoms with Crippen molar-refractivity contribution in [3.8, 4) is 11.5 Å². The van der Waals surface area contributed by atoms with E-state index in [0.717, 1.165) is 32.5 Å². The SMILES string of the molecule is COc1cccc([C@@H](Nc2cccc(C)n2)c2cc(C)sc2NC(=O)c2ccccc2)c1OC. The molecule has 1 atom stereocenters. The molecular weight excluding hydrogens is 446 g/mol. The van der Waals surface area contributed by atoms with Gasteiger partial charge in [-0.15, -0.1) is 11.3 Å². The molecule has 1 amide bonds. The van der Waals surface area contributed by atoms with Crippen molar-refractivity contribution >= 4 is 28.1 Å². The number of anilines is 2. The van der Waals surface area contributed by atoms with Crippen molar-refractivity contribution in [2.75, 3.05) is 24.9 Å². The summed E-state index contributed by atoms with van der Waals surface area (Å²) in [5, 5.41) is 7.43. The van der Waals surface area contributed by atoms with Gasteiger partial charge in [-0.3, -0.25) is 4.79 Å². The van der Waals surface area contributed by atoms with Crippen LogP contribution < -0.4 is 20.1 Å². The molecule has 0 saturated carbocycles. The summed E-state index contributed by atoms with van der Waals surface area (Å²) in [7, 11) is 3.24. The smallest absolute Gasteiger partial charge is 0.256 e. The minimum absolute atomic E-state index is 0.159. The molecule has 0 fully saturated rings. The van der Waals surface area contributed by atoms with Crippen molar-refractivity contribution in [2.45, 2.75) is 19.9 Å². The van der Waals surface area contributed by atoms with E-state index in [-0.39, 0.29) is 11.9 Å². The van der Waals surface area contributed by atoms with E-state index in [1.807, 2.05) is 68.4 Å². The number of methoxy groups -OCH3 is 2. The van der Waals surface area contributed by atoms with E-state index < -0.39 is 0 Å². The first-order valence-electron chi connectivity index (χ1n) is 10.9. The van der Waals surface area contributed by atoms with Gasteiger partial charge in [-0.25, -0.2) is 4.98 Å². The molecule has 0 bridgehead atoms. The molecule has 4 aromatic rings. The number of pyridine rings is 1. The molecule has 2 aromatic heterocycles. The van der Waals surface area contributed by atoms with Gasteiger partial charge in [0.15, 0.2) is 11.5 Å². The Balaban J connectivity index is 1.81. The average Bonchev–Trinajstić information content (AvgIpc) is 3.22. The normalized spacial score (nSPS) is 11.5. The average molecular weight is 474 g/mol. The predicted molar refractivity (Wildman–Crippen MR) is 137 cm³/mol. The van der Waals surface area contributed by atoms with Crippen molar-refractivity contribution in [3.63, 3.8) is 0 Å². The van der Waals surface area contributed by atoms with Gasteiger partial charge >= 0.3 is 0 Å². The van der Waals surface area contributed by atoms with Gasteiger partial charge in [0.25, 0.3) is 5.91 Å². The zero-order valence-electron chi connectivity index (χ0n) is 19.6. The third kappa shape index (κ3) is 5.05. The maximum absolute atomic E-state index is 13.0. The highest BCUT2D eigenvalue weighted by Crippen LogP contribution is 2.43. The van der Waals surface area contributed by atoms with E-state index in [2.05, 4.69) is 21.7 Å². The summed E-state index contributed by atoms with van der Waals surface area (Å²) in [6, 6.07) is 22.5. The zero-order valence-corrected chi connectivity index (χ0v) is 20.4. The summed E-state index contributed by atoms with van der Waals surface area (Å²) in [6.45, 7) is 3.98. The first kappa shape index (κ1) is 23.3. The first-order valence-corrected chi connectivity index (χ1v) is 11.7. The van der Waals surface area contributed by atoms with Gasteiger partial charge in [0, 0.05) is 27.3 Å². The maximum atomic E-state index is 13.0. The summed E-state index contributed by atoms with van der Waals surface area (Å²) in [4.78, 5) is 18.7. The largest absolute Gasteiger partial charge is 0.493 e. The van der Waals surface area contributed by atoms with E-state index in [0.29, 0.717) is 17.1 Å². The van der Waals surface area contributed by atoms with Crippen LogP contribution in [-0.4, -0.2) is 25.1 Å². The topological polar surface area (TPSA) is 72.5 Å². The second kappa shape index (κ2) is 10.4. The Morgan fingerprint density at radius 3 is 2.38 bits per heavy atom. The quantitative estimate of drug-likeness (QED) is 0.317. The van der Waals surface area contributed by atoms with Crippen LogP contribution in [-0.2, 0) is 0 Å². The molecule has 34 heavy (non-hydrogen) atoms. The molecule has 2 N–H and O–H groups in total. The number of thiophene rings is 1. The first-order chi connectivity index (χ1) is 16.5. The number of hydrogen-bond donors (Lipinski definition) is 2. The van der Waals surface area contributed by atoms with Gasteiger partial charge in [-0.05, 0) is 50.2 Å². The third-order valence-corrected chi connectivity index (χ3v) is 6.36. The van der Waals surface area contributed by atoms with Gasteiger partial charge in [0.05, 0.1) is 20.3 Å². The maximum Gasteiger partial charge on any atom is 0.256 e. The Hall–Kier alpha value is -3.84. The molecule has 2 heterocycles. The van der Waals surface area contributed by atoms with Crippen LogP contribution in [0.2, 0.25) is 0 Å². The third-order valence-electron chi connectivity index (χ3n) is 5.38. The number of carbonyl (C=O) groups is 1. The fourth-order valence-corrected chi connectivity index (χ4v) is 4.79. The summed E-state index contributed by atoms with van der Waals surface area (Å²) >= 11 is 1.53. The highest BCUT2D eigenvalue weighted by atomic mass is 32.1. The van der Waals surface area contributed by atoms with Crippen LogP contribution in [0.4, 0.5) is 10.8 Å². The van der Waals surface area contributed by atoms with E-state index in [1.54, 1.807) is 26.4 Å². The van der Waals surface area contributed by atoms with Crippen molar-refractivity contribution in [1.82, 2.24) is 4.98 Å². The molecule has 0 saturated heterocycles. The Bertz CT molecular complexity index is 1290. The van der Waals surface area contributed by atoms with Crippen molar-refractivity contribution < 1.29 is 14.3 Å². The van der Waals surface area contributed by atoms with Crippen LogP contribution in [0, 0.1) is 13.8 Å². The molecule has 6 nitrogen and oxygen atoms in total. The fraction of sp³-hybridized carbons (Fsp3) is 0.185. The van der Waals surface area contributed by atoms with Crippen LogP contribution in [0.15, 0.2) is 72.8 Å². The van der Waals surface area contributed by atoms with E-state index in [1.165, 1.54) is 11.3 Å². The number of nitrogens with one attached hydrogen (secondary N) is 2. The molecule has 0 unspecified atom stereocenters. The number of carbonyl (C=O) groups excluding carboxylic acids is 1.